The van der Waals surface area contributed by atoms with Gasteiger partial charge in [-0.15, -0.1) is 0 Å². The van der Waals surface area contributed by atoms with E-state index in [4.69, 9.17) is 5.73 Å². The Morgan fingerprint density at radius 1 is 1.22 bits per heavy atom. The first-order valence-electron chi connectivity index (χ1n) is 7.41. The Hall–Kier alpha value is -2.73. The lowest BCUT2D eigenvalue weighted by Gasteiger charge is -2.14. The molecule has 1 aliphatic rings. The Morgan fingerprint density at radius 2 is 2.00 bits per heavy atom. The molecule has 2 heterocycles. The molecule has 0 aliphatic carbocycles. The van der Waals surface area contributed by atoms with E-state index in [1.54, 1.807) is 24.3 Å². The van der Waals surface area contributed by atoms with E-state index in [0.29, 0.717) is 23.2 Å². The van der Waals surface area contributed by atoms with Gasteiger partial charge in [0.15, 0.2) is 5.78 Å². The SMILES string of the molecule is Nc1cc(C(=O)O)c(-c2ccccc2C(=O)C2CCNC2)cn1. The zero-order chi connectivity index (χ0) is 16.4. The molecule has 1 aliphatic heterocycles. The third-order valence-electron chi connectivity index (χ3n) is 4.07. The summed E-state index contributed by atoms with van der Waals surface area (Å²) in [7, 11) is 0. The fourth-order valence-corrected chi connectivity index (χ4v) is 2.89. The van der Waals surface area contributed by atoms with Gasteiger partial charge in [-0.3, -0.25) is 4.79 Å². The number of pyridine rings is 1. The number of Topliss-reactive ketones (excluding diaryl/α,β-unsaturated/α-hetero) is 1. The van der Waals surface area contributed by atoms with Crippen molar-refractivity contribution in [3.63, 3.8) is 0 Å². The number of nitrogen functional groups attached to an aromatic ring is 1. The lowest BCUT2D eigenvalue weighted by Crippen LogP contribution is -2.18. The summed E-state index contributed by atoms with van der Waals surface area (Å²) in [5, 5.41) is 12.6. The number of carbonyl (C=O) groups is 2. The third-order valence-corrected chi connectivity index (χ3v) is 4.07. The second kappa shape index (κ2) is 6.18. The van der Waals surface area contributed by atoms with Crippen LogP contribution in [-0.4, -0.2) is 34.9 Å². The van der Waals surface area contributed by atoms with Crippen molar-refractivity contribution < 1.29 is 14.7 Å². The molecule has 6 heteroatoms. The van der Waals surface area contributed by atoms with Gasteiger partial charge in [-0.1, -0.05) is 24.3 Å². The van der Waals surface area contributed by atoms with Crippen molar-refractivity contribution in [3.05, 3.63) is 47.7 Å². The Morgan fingerprint density at radius 3 is 2.70 bits per heavy atom. The van der Waals surface area contributed by atoms with Crippen LogP contribution in [0.25, 0.3) is 11.1 Å². The largest absolute Gasteiger partial charge is 0.478 e. The van der Waals surface area contributed by atoms with Crippen LogP contribution in [0.5, 0.6) is 0 Å². The van der Waals surface area contributed by atoms with Crippen LogP contribution in [-0.2, 0) is 0 Å². The summed E-state index contributed by atoms with van der Waals surface area (Å²) in [5.74, 6) is -1.02. The van der Waals surface area contributed by atoms with Gasteiger partial charge in [0, 0.05) is 29.8 Å². The van der Waals surface area contributed by atoms with Gasteiger partial charge in [-0.25, -0.2) is 9.78 Å². The van der Waals surface area contributed by atoms with Crippen LogP contribution < -0.4 is 11.1 Å². The summed E-state index contributed by atoms with van der Waals surface area (Å²) >= 11 is 0. The van der Waals surface area contributed by atoms with Crippen molar-refractivity contribution in [2.75, 3.05) is 18.8 Å². The van der Waals surface area contributed by atoms with Crippen molar-refractivity contribution in [1.29, 1.82) is 0 Å². The van der Waals surface area contributed by atoms with Crippen molar-refractivity contribution in [3.8, 4) is 11.1 Å². The molecular weight excluding hydrogens is 294 g/mol. The standard InChI is InChI=1S/C17H17N3O3/c18-15-7-13(17(22)23)14(9-20-15)11-3-1-2-4-12(11)16(21)10-5-6-19-8-10/h1-4,7,9-10,19H,5-6,8H2,(H2,18,20)(H,22,23). The number of nitrogens with two attached hydrogens (primary N) is 1. The summed E-state index contributed by atoms with van der Waals surface area (Å²) in [5.41, 5.74) is 7.14. The molecule has 0 saturated carbocycles. The average molecular weight is 311 g/mol. The number of aromatic nitrogens is 1. The minimum Gasteiger partial charge on any atom is -0.478 e. The number of aromatic carboxylic acids is 1. The molecule has 1 aromatic carbocycles. The Balaban J connectivity index is 2.11. The highest BCUT2D eigenvalue weighted by Gasteiger charge is 2.26. The number of hydrogen-bond donors (Lipinski definition) is 3. The molecule has 1 saturated heterocycles. The topological polar surface area (TPSA) is 105 Å². The summed E-state index contributed by atoms with van der Waals surface area (Å²) in [6, 6.07) is 8.36. The molecule has 0 bridgehead atoms. The minimum absolute atomic E-state index is 0.0266. The van der Waals surface area contributed by atoms with Crippen molar-refractivity contribution in [1.82, 2.24) is 10.3 Å². The van der Waals surface area contributed by atoms with Crippen molar-refractivity contribution in [2.24, 2.45) is 5.92 Å². The summed E-state index contributed by atoms with van der Waals surface area (Å²) < 4.78 is 0. The maximum atomic E-state index is 12.8. The monoisotopic (exact) mass is 311 g/mol. The maximum Gasteiger partial charge on any atom is 0.336 e. The molecule has 2 aromatic rings. The van der Waals surface area contributed by atoms with E-state index in [1.165, 1.54) is 12.3 Å². The fraction of sp³-hybridized carbons (Fsp3) is 0.235. The van der Waals surface area contributed by atoms with Crippen LogP contribution >= 0.6 is 0 Å². The van der Waals surface area contributed by atoms with Gasteiger partial charge in [0.1, 0.15) is 5.82 Å². The molecule has 3 rings (SSSR count). The van der Waals surface area contributed by atoms with Crippen LogP contribution in [0.15, 0.2) is 36.5 Å². The number of nitrogens with zero attached hydrogens (tertiary/aromatic N) is 1. The number of nitrogens with one attached hydrogen (secondary N) is 1. The van der Waals surface area contributed by atoms with E-state index in [0.717, 1.165) is 13.0 Å². The van der Waals surface area contributed by atoms with Crippen molar-refractivity contribution in [2.45, 2.75) is 6.42 Å². The zero-order valence-corrected chi connectivity index (χ0v) is 12.5. The van der Waals surface area contributed by atoms with Crippen LogP contribution in [0.2, 0.25) is 0 Å². The van der Waals surface area contributed by atoms with Gasteiger partial charge in [-0.05, 0) is 24.6 Å². The van der Waals surface area contributed by atoms with Gasteiger partial charge >= 0.3 is 5.97 Å². The second-order valence-electron chi connectivity index (χ2n) is 5.56. The molecular formula is C17H17N3O3. The number of carboxylic acids is 1. The highest BCUT2D eigenvalue weighted by molar-refractivity contribution is 6.06. The van der Waals surface area contributed by atoms with Gasteiger partial charge < -0.3 is 16.2 Å². The molecule has 0 amide bonds. The molecule has 1 fully saturated rings. The van der Waals surface area contributed by atoms with Crippen LogP contribution in [0, 0.1) is 5.92 Å². The molecule has 0 spiro atoms. The van der Waals surface area contributed by atoms with Gasteiger partial charge in [0.25, 0.3) is 0 Å². The number of anilines is 1. The number of ketones is 1. The van der Waals surface area contributed by atoms with Crippen molar-refractivity contribution >= 4 is 17.6 Å². The molecule has 1 unspecified atom stereocenters. The van der Waals surface area contributed by atoms with Gasteiger partial charge in [-0.2, -0.15) is 0 Å². The average Bonchev–Trinajstić information content (AvgIpc) is 3.08. The summed E-state index contributed by atoms with van der Waals surface area (Å²) in [4.78, 5) is 28.3. The lowest BCUT2D eigenvalue weighted by atomic mass is 9.89. The predicted octanol–water partition coefficient (Wildman–Crippen LogP) is 1.82. The first kappa shape index (κ1) is 15.2. The summed E-state index contributed by atoms with van der Waals surface area (Å²) in [6.45, 7) is 1.47. The third kappa shape index (κ3) is 2.93. The molecule has 6 nitrogen and oxygen atoms in total. The highest BCUT2D eigenvalue weighted by Crippen LogP contribution is 2.30. The molecule has 118 valence electrons. The Bertz CT molecular complexity index is 767. The lowest BCUT2D eigenvalue weighted by molar-refractivity contribution is 0.0697. The van der Waals surface area contributed by atoms with E-state index < -0.39 is 5.97 Å². The molecule has 0 radical (unpaired) electrons. The second-order valence-corrected chi connectivity index (χ2v) is 5.56. The number of benzene rings is 1. The molecule has 1 atom stereocenters. The van der Waals surface area contributed by atoms with Crippen LogP contribution in [0.1, 0.15) is 27.1 Å². The number of carboxylic acid groups (broad SMARTS) is 1. The van der Waals surface area contributed by atoms with E-state index in [-0.39, 0.29) is 23.1 Å². The molecule has 23 heavy (non-hydrogen) atoms. The number of rotatable bonds is 4. The first-order chi connectivity index (χ1) is 11.1. The van der Waals surface area contributed by atoms with E-state index in [9.17, 15) is 14.7 Å². The van der Waals surface area contributed by atoms with E-state index >= 15 is 0 Å². The maximum absolute atomic E-state index is 12.8. The first-order valence-corrected chi connectivity index (χ1v) is 7.41. The number of hydrogen-bond acceptors (Lipinski definition) is 5. The summed E-state index contributed by atoms with van der Waals surface area (Å²) in [6.07, 6.45) is 2.21. The minimum atomic E-state index is -1.10. The highest BCUT2D eigenvalue weighted by atomic mass is 16.4. The van der Waals surface area contributed by atoms with Gasteiger partial charge in [0.2, 0.25) is 0 Å². The smallest absolute Gasteiger partial charge is 0.336 e. The molecule has 4 N–H and O–H groups in total. The van der Waals surface area contributed by atoms with E-state index in [1.807, 2.05) is 0 Å². The number of carbonyl (C=O) groups excluding carboxylic acids is 1. The zero-order valence-electron chi connectivity index (χ0n) is 12.5. The fourth-order valence-electron chi connectivity index (χ4n) is 2.89. The Kier molecular flexibility index (Phi) is 4.08. The van der Waals surface area contributed by atoms with Gasteiger partial charge in [0.05, 0.1) is 5.56 Å². The quantitative estimate of drug-likeness (QED) is 0.744. The van der Waals surface area contributed by atoms with Crippen LogP contribution in [0.3, 0.4) is 0 Å². The Labute approximate surface area is 133 Å². The van der Waals surface area contributed by atoms with E-state index in [2.05, 4.69) is 10.3 Å². The normalized spacial score (nSPS) is 17.1. The molecule has 1 aromatic heterocycles. The predicted molar refractivity (Wildman–Crippen MR) is 86.4 cm³/mol. The van der Waals surface area contributed by atoms with Crippen LogP contribution in [0.4, 0.5) is 5.82 Å².